The fourth-order valence-corrected chi connectivity index (χ4v) is 2.33. The van der Waals surface area contributed by atoms with Gasteiger partial charge in [0, 0.05) is 6.04 Å². The zero-order valence-electron chi connectivity index (χ0n) is 6.31. The molecule has 1 aromatic rings. The Morgan fingerprint density at radius 2 is 2.08 bits per heavy atom. The Hall–Kier alpha value is -0.500. The van der Waals surface area contributed by atoms with Crippen molar-refractivity contribution in [1.82, 2.24) is 14.8 Å². The molecule has 1 aliphatic rings. The molecule has 0 atom stereocenters. The van der Waals surface area contributed by atoms with Crippen LogP contribution in [0.4, 0.5) is 3.89 Å². The molecule has 0 aromatic carbocycles. The number of halogens is 2. The van der Waals surface area contributed by atoms with Crippen molar-refractivity contribution < 1.29 is 12.3 Å². The van der Waals surface area contributed by atoms with Gasteiger partial charge in [0.1, 0.15) is 0 Å². The first-order valence-electron chi connectivity index (χ1n) is 3.55. The molecule has 0 bridgehead atoms. The predicted molar refractivity (Wildman–Crippen MR) is 44.3 cm³/mol. The predicted octanol–water partition coefficient (Wildman–Crippen LogP) is 1.03. The Balaban J connectivity index is 2.58. The van der Waals surface area contributed by atoms with E-state index in [1.165, 1.54) is 4.57 Å². The average molecular weight is 270 g/mol. The van der Waals surface area contributed by atoms with Crippen LogP contribution in [0, 0.1) is 0 Å². The SMILES string of the molecule is O=S(=O)(F)c1nnc(Br)n1C1CC1. The van der Waals surface area contributed by atoms with Crippen LogP contribution in [0.2, 0.25) is 0 Å². The van der Waals surface area contributed by atoms with Crippen LogP contribution in [0.15, 0.2) is 9.89 Å². The first kappa shape index (κ1) is 9.07. The van der Waals surface area contributed by atoms with E-state index >= 15 is 0 Å². The largest absolute Gasteiger partial charge is 0.368 e. The third-order valence-electron chi connectivity index (χ3n) is 1.75. The van der Waals surface area contributed by atoms with Gasteiger partial charge in [-0.2, -0.15) is 8.42 Å². The van der Waals surface area contributed by atoms with Crippen LogP contribution in [-0.2, 0) is 10.2 Å². The van der Waals surface area contributed by atoms with Gasteiger partial charge >= 0.3 is 10.2 Å². The zero-order valence-corrected chi connectivity index (χ0v) is 8.72. The van der Waals surface area contributed by atoms with Gasteiger partial charge in [-0.3, -0.25) is 4.57 Å². The van der Waals surface area contributed by atoms with E-state index in [1.807, 2.05) is 0 Å². The highest BCUT2D eigenvalue weighted by atomic mass is 79.9. The van der Waals surface area contributed by atoms with Crippen molar-refractivity contribution in [3.05, 3.63) is 4.73 Å². The van der Waals surface area contributed by atoms with E-state index < -0.39 is 15.4 Å². The van der Waals surface area contributed by atoms with E-state index in [9.17, 15) is 12.3 Å². The minimum Gasteiger partial charge on any atom is -0.287 e. The first-order valence-corrected chi connectivity index (χ1v) is 5.73. The first-order chi connectivity index (χ1) is 6.00. The van der Waals surface area contributed by atoms with E-state index in [0.717, 1.165) is 12.8 Å². The molecule has 0 amide bonds. The smallest absolute Gasteiger partial charge is 0.287 e. The lowest BCUT2D eigenvalue weighted by Crippen LogP contribution is -2.05. The number of aromatic nitrogens is 3. The van der Waals surface area contributed by atoms with Gasteiger partial charge < -0.3 is 0 Å². The van der Waals surface area contributed by atoms with Gasteiger partial charge in [0.2, 0.25) is 4.73 Å². The van der Waals surface area contributed by atoms with Gasteiger partial charge in [-0.05, 0) is 28.8 Å². The summed E-state index contributed by atoms with van der Waals surface area (Å²) in [6.45, 7) is 0. The van der Waals surface area contributed by atoms with Crippen LogP contribution < -0.4 is 0 Å². The van der Waals surface area contributed by atoms with Crippen molar-refractivity contribution in [2.45, 2.75) is 24.0 Å². The lowest BCUT2D eigenvalue weighted by Gasteiger charge is -2.00. The van der Waals surface area contributed by atoms with Crippen LogP contribution in [0.1, 0.15) is 18.9 Å². The standard InChI is InChI=1S/C5H5BrFN3O2S/c6-4-8-9-5(13(7,11)12)10(4)3-1-2-3/h3H,1-2H2. The highest BCUT2D eigenvalue weighted by Crippen LogP contribution is 2.38. The van der Waals surface area contributed by atoms with E-state index in [2.05, 4.69) is 26.1 Å². The second kappa shape index (κ2) is 2.74. The summed E-state index contributed by atoms with van der Waals surface area (Å²) in [5.41, 5.74) is 0. The van der Waals surface area contributed by atoms with Crippen molar-refractivity contribution in [2.24, 2.45) is 0 Å². The number of rotatable bonds is 2. The van der Waals surface area contributed by atoms with Crippen molar-refractivity contribution >= 4 is 26.2 Å². The molecule has 1 saturated carbocycles. The molecule has 2 rings (SSSR count). The average Bonchev–Trinajstić information content (AvgIpc) is 2.73. The van der Waals surface area contributed by atoms with Gasteiger partial charge in [-0.25, -0.2) is 0 Å². The van der Waals surface area contributed by atoms with Crippen LogP contribution >= 0.6 is 15.9 Å². The monoisotopic (exact) mass is 269 g/mol. The summed E-state index contributed by atoms with van der Waals surface area (Å²) in [4.78, 5) is 0. The molecule has 1 heterocycles. The fraction of sp³-hybridized carbons (Fsp3) is 0.600. The molecular formula is C5H5BrFN3O2S. The van der Waals surface area contributed by atoms with Crippen molar-refractivity contribution in [3.8, 4) is 0 Å². The Morgan fingerprint density at radius 3 is 2.54 bits per heavy atom. The highest BCUT2D eigenvalue weighted by Gasteiger charge is 2.33. The van der Waals surface area contributed by atoms with Crippen LogP contribution in [0.5, 0.6) is 0 Å². The molecule has 1 fully saturated rings. The molecule has 8 heteroatoms. The van der Waals surface area contributed by atoms with Gasteiger partial charge in [0.25, 0.3) is 5.16 Å². The summed E-state index contributed by atoms with van der Waals surface area (Å²) < 4.78 is 35.3. The molecule has 5 nitrogen and oxygen atoms in total. The number of hydrogen-bond acceptors (Lipinski definition) is 4. The fourth-order valence-electron chi connectivity index (χ4n) is 1.07. The summed E-state index contributed by atoms with van der Waals surface area (Å²) in [7, 11) is -4.76. The summed E-state index contributed by atoms with van der Waals surface area (Å²) in [5.74, 6) is 0. The molecule has 0 radical (unpaired) electrons. The molecule has 0 unspecified atom stereocenters. The Kier molecular flexibility index (Phi) is 1.91. The normalized spacial score (nSPS) is 17.7. The van der Waals surface area contributed by atoms with Gasteiger partial charge in [-0.15, -0.1) is 10.2 Å². The summed E-state index contributed by atoms with van der Waals surface area (Å²) in [6, 6.07) is 0.0184. The molecule has 1 aliphatic carbocycles. The molecule has 1 aromatic heterocycles. The Bertz CT molecular complexity index is 439. The summed E-state index contributed by atoms with van der Waals surface area (Å²) >= 11 is 3.01. The maximum atomic E-state index is 12.6. The highest BCUT2D eigenvalue weighted by molar-refractivity contribution is 9.10. The van der Waals surface area contributed by atoms with Crippen LogP contribution in [0.25, 0.3) is 0 Å². The van der Waals surface area contributed by atoms with E-state index in [4.69, 9.17) is 0 Å². The maximum absolute atomic E-state index is 12.6. The van der Waals surface area contributed by atoms with Crippen LogP contribution in [0.3, 0.4) is 0 Å². The third-order valence-corrected chi connectivity index (χ3v) is 3.01. The minimum absolute atomic E-state index is 0.0184. The van der Waals surface area contributed by atoms with Gasteiger partial charge in [0.05, 0.1) is 0 Å². The van der Waals surface area contributed by atoms with Crippen molar-refractivity contribution in [2.75, 3.05) is 0 Å². The molecule has 0 N–H and O–H groups in total. The minimum atomic E-state index is -4.76. The molecular weight excluding hydrogens is 265 g/mol. The quantitative estimate of drug-likeness (QED) is 0.753. The number of hydrogen-bond donors (Lipinski definition) is 0. The van der Waals surface area contributed by atoms with Crippen molar-refractivity contribution in [3.63, 3.8) is 0 Å². The lowest BCUT2D eigenvalue weighted by molar-refractivity contribution is 0.522. The molecule has 0 spiro atoms. The van der Waals surface area contributed by atoms with Gasteiger partial charge in [0.15, 0.2) is 0 Å². The van der Waals surface area contributed by atoms with E-state index in [1.54, 1.807) is 0 Å². The maximum Gasteiger partial charge on any atom is 0.368 e. The molecule has 72 valence electrons. The van der Waals surface area contributed by atoms with E-state index in [-0.39, 0.29) is 10.8 Å². The Morgan fingerprint density at radius 1 is 1.46 bits per heavy atom. The molecule has 13 heavy (non-hydrogen) atoms. The summed E-state index contributed by atoms with van der Waals surface area (Å²) in [6.07, 6.45) is 1.66. The zero-order chi connectivity index (χ0) is 9.64. The second-order valence-corrected chi connectivity index (χ2v) is 4.74. The third kappa shape index (κ3) is 1.60. The number of nitrogens with zero attached hydrogens (tertiary/aromatic N) is 3. The molecule has 0 saturated heterocycles. The Labute approximate surface area is 82.3 Å². The summed E-state index contributed by atoms with van der Waals surface area (Å²) in [5, 5.41) is 6.10. The van der Waals surface area contributed by atoms with E-state index in [0.29, 0.717) is 0 Å². The second-order valence-electron chi connectivity index (χ2n) is 2.79. The van der Waals surface area contributed by atoms with Crippen molar-refractivity contribution in [1.29, 1.82) is 0 Å². The molecule has 0 aliphatic heterocycles. The lowest BCUT2D eigenvalue weighted by atomic mass is 10.7. The van der Waals surface area contributed by atoms with Gasteiger partial charge in [-0.1, -0.05) is 3.89 Å². The van der Waals surface area contributed by atoms with Crippen LogP contribution in [-0.4, -0.2) is 23.2 Å². The topological polar surface area (TPSA) is 64.8 Å².